The first kappa shape index (κ1) is 17.8. The number of para-hydroxylation sites is 1. The highest BCUT2D eigenvalue weighted by Crippen LogP contribution is 2.32. The number of carbonyl (C=O) groups excluding carboxylic acids is 2. The van der Waals surface area contributed by atoms with E-state index < -0.39 is 12.2 Å². The second kappa shape index (κ2) is 8.31. The van der Waals surface area contributed by atoms with Gasteiger partial charge in [0.25, 0.3) is 0 Å². The summed E-state index contributed by atoms with van der Waals surface area (Å²) >= 11 is 1.31. The number of thioether (sulfide) groups is 1. The van der Waals surface area contributed by atoms with Gasteiger partial charge in [-0.25, -0.2) is 14.2 Å². The Hall–Kier alpha value is -2.59. The van der Waals surface area contributed by atoms with E-state index >= 15 is 0 Å². The van der Waals surface area contributed by atoms with Crippen molar-refractivity contribution in [3.63, 3.8) is 0 Å². The van der Waals surface area contributed by atoms with Crippen LogP contribution in [0.25, 0.3) is 10.9 Å². The summed E-state index contributed by atoms with van der Waals surface area (Å²) in [6.45, 7) is 3.71. The molecule has 0 N–H and O–H groups in total. The molecule has 126 valence electrons. The van der Waals surface area contributed by atoms with Crippen LogP contribution in [0, 0.1) is 11.2 Å². The Balaban J connectivity index is 2.69. The fraction of sp³-hybridized carbons (Fsp3) is 0.294. The third-order valence-corrected chi connectivity index (χ3v) is 3.31. The SMILES string of the molecule is CCOC(=O)Oc1c(C#CSC)c2ccccc2n1C(=O)OCC. The predicted octanol–water partition coefficient (Wildman–Crippen LogP) is 3.85. The van der Waals surface area contributed by atoms with Crippen LogP contribution < -0.4 is 4.74 Å². The van der Waals surface area contributed by atoms with Gasteiger partial charge in [-0.3, -0.25) is 0 Å². The highest BCUT2D eigenvalue weighted by molar-refractivity contribution is 8.03. The normalized spacial score (nSPS) is 9.96. The average Bonchev–Trinajstić information content (AvgIpc) is 2.86. The largest absolute Gasteiger partial charge is 0.515 e. The smallest absolute Gasteiger partial charge is 0.449 e. The number of nitrogens with zero attached hydrogens (tertiary/aromatic N) is 1. The van der Waals surface area contributed by atoms with Crippen LogP contribution >= 0.6 is 11.8 Å². The van der Waals surface area contributed by atoms with Crippen LogP contribution in [-0.4, -0.2) is 36.3 Å². The predicted molar refractivity (Wildman–Crippen MR) is 92.4 cm³/mol. The molecule has 1 aromatic heterocycles. The minimum Gasteiger partial charge on any atom is -0.449 e. The first-order valence-electron chi connectivity index (χ1n) is 7.33. The van der Waals surface area contributed by atoms with Crippen LogP contribution in [0.15, 0.2) is 24.3 Å². The molecule has 6 nitrogen and oxygen atoms in total. The Morgan fingerprint density at radius 2 is 1.88 bits per heavy atom. The zero-order valence-corrected chi connectivity index (χ0v) is 14.4. The number of carbonyl (C=O) groups is 2. The van der Waals surface area contributed by atoms with Crippen molar-refractivity contribution >= 4 is 34.9 Å². The number of ether oxygens (including phenoxy) is 3. The van der Waals surface area contributed by atoms with E-state index in [1.807, 2.05) is 12.3 Å². The molecule has 0 aliphatic carbocycles. The van der Waals surface area contributed by atoms with Crippen LogP contribution in [0.5, 0.6) is 5.88 Å². The molecule has 0 radical (unpaired) electrons. The van der Waals surface area contributed by atoms with E-state index in [1.165, 1.54) is 16.3 Å². The Bertz CT molecular complexity index is 815. The lowest BCUT2D eigenvalue weighted by atomic mass is 10.2. The lowest BCUT2D eigenvalue weighted by Gasteiger charge is -2.09. The molecule has 2 aromatic rings. The minimum absolute atomic E-state index is 0.00495. The summed E-state index contributed by atoms with van der Waals surface area (Å²) in [4.78, 5) is 24.1. The summed E-state index contributed by atoms with van der Waals surface area (Å²) in [6, 6.07) is 7.12. The molecule has 1 heterocycles. The van der Waals surface area contributed by atoms with E-state index in [2.05, 4.69) is 11.2 Å². The summed E-state index contributed by atoms with van der Waals surface area (Å²) in [5.41, 5.74) is 0.974. The van der Waals surface area contributed by atoms with Crippen molar-refractivity contribution in [2.75, 3.05) is 19.5 Å². The van der Waals surface area contributed by atoms with Crippen molar-refractivity contribution in [1.29, 1.82) is 0 Å². The molecule has 1 aromatic carbocycles. The van der Waals surface area contributed by atoms with E-state index in [1.54, 1.807) is 32.0 Å². The maximum absolute atomic E-state index is 12.4. The lowest BCUT2D eigenvalue weighted by molar-refractivity contribution is 0.100. The Morgan fingerprint density at radius 3 is 2.54 bits per heavy atom. The van der Waals surface area contributed by atoms with Gasteiger partial charge in [-0.1, -0.05) is 30.0 Å². The zero-order valence-electron chi connectivity index (χ0n) is 13.6. The molecular weight excluding hydrogens is 330 g/mol. The number of hydrogen-bond acceptors (Lipinski definition) is 6. The highest BCUT2D eigenvalue weighted by Gasteiger charge is 2.25. The molecule has 0 spiro atoms. The van der Waals surface area contributed by atoms with Crippen molar-refractivity contribution < 1.29 is 23.8 Å². The molecule has 0 aliphatic rings. The second-order valence-electron chi connectivity index (χ2n) is 4.45. The summed E-state index contributed by atoms with van der Waals surface area (Å²) in [7, 11) is 0. The van der Waals surface area contributed by atoms with Crippen molar-refractivity contribution in [3.05, 3.63) is 29.8 Å². The van der Waals surface area contributed by atoms with Crippen LogP contribution in [0.2, 0.25) is 0 Å². The highest BCUT2D eigenvalue weighted by atomic mass is 32.2. The van der Waals surface area contributed by atoms with Crippen LogP contribution in [0.1, 0.15) is 19.4 Å². The van der Waals surface area contributed by atoms with Crippen molar-refractivity contribution in [2.24, 2.45) is 0 Å². The Kier molecular flexibility index (Phi) is 6.15. The van der Waals surface area contributed by atoms with E-state index in [4.69, 9.17) is 14.2 Å². The zero-order chi connectivity index (χ0) is 17.5. The number of benzene rings is 1. The molecule has 0 atom stereocenters. The van der Waals surface area contributed by atoms with Gasteiger partial charge in [-0.15, -0.1) is 0 Å². The monoisotopic (exact) mass is 347 g/mol. The van der Waals surface area contributed by atoms with E-state index in [9.17, 15) is 9.59 Å². The molecule has 7 heteroatoms. The van der Waals surface area contributed by atoms with Gasteiger partial charge in [-0.05, 0) is 37.3 Å². The van der Waals surface area contributed by atoms with Crippen molar-refractivity contribution in [3.8, 4) is 17.1 Å². The summed E-state index contributed by atoms with van der Waals surface area (Å²) in [5, 5.41) is 3.54. The summed E-state index contributed by atoms with van der Waals surface area (Å²) in [5.74, 6) is 2.92. The molecule has 0 aliphatic heterocycles. The first-order valence-corrected chi connectivity index (χ1v) is 8.55. The van der Waals surface area contributed by atoms with E-state index in [-0.39, 0.29) is 19.1 Å². The Morgan fingerprint density at radius 1 is 1.17 bits per heavy atom. The van der Waals surface area contributed by atoms with Gasteiger partial charge in [0.1, 0.15) is 0 Å². The number of aromatic nitrogens is 1. The molecule has 0 saturated heterocycles. The third kappa shape index (κ3) is 3.66. The number of hydrogen-bond donors (Lipinski definition) is 0. The van der Waals surface area contributed by atoms with Gasteiger partial charge in [0.15, 0.2) is 0 Å². The fourth-order valence-electron chi connectivity index (χ4n) is 2.13. The molecule has 24 heavy (non-hydrogen) atoms. The minimum atomic E-state index is -0.905. The third-order valence-electron chi connectivity index (χ3n) is 3.00. The van der Waals surface area contributed by atoms with Gasteiger partial charge in [0, 0.05) is 5.39 Å². The molecule has 0 amide bonds. The van der Waals surface area contributed by atoms with Gasteiger partial charge < -0.3 is 14.2 Å². The fourth-order valence-corrected chi connectivity index (χ4v) is 2.34. The van der Waals surface area contributed by atoms with Crippen molar-refractivity contribution in [2.45, 2.75) is 13.8 Å². The Labute approximate surface area is 144 Å². The summed E-state index contributed by atoms with van der Waals surface area (Å²) < 4.78 is 16.3. The molecule has 0 saturated carbocycles. The standard InChI is InChI=1S/C17H17NO5S/c1-4-21-16(19)18-14-9-7-6-8-12(14)13(10-11-24-3)15(18)23-17(20)22-5-2/h6-9H,4-5H2,1-3H3. The maximum atomic E-state index is 12.4. The molecule has 0 fully saturated rings. The van der Waals surface area contributed by atoms with Gasteiger partial charge in [-0.2, -0.15) is 0 Å². The molecule has 0 bridgehead atoms. The van der Waals surface area contributed by atoms with Gasteiger partial charge in [0.2, 0.25) is 5.88 Å². The van der Waals surface area contributed by atoms with Crippen LogP contribution in [-0.2, 0) is 9.47 Å². The number of fused-ring (bicyclic) bond motifs is 1. The van der Waals surface area contributed by atoms with E-state index in [0.29, 0.717) is 16.5 Å². The van der Waals surface area contributed by atoms with E-state index in [0.717, 1.165) is 0 Å². The summed E-state index contributed by atoms with van der Waals surface area (Å²) in [6.07, 6.45) is 0.270. The van der Waals surface area contributed by atoms with Gasteiger partial charge >= 0.3 is 12.2 Å². The lowest BCUT2D eigenvalue weighted by Crippen LogP contribution is -2.19. The second-order valence-corrected chi connectivity index (χ2v) is 5.06. The maximum Gasteiger partial charge on any atom is 0.515 e. The number of rotatable bonds is 3. The first-order chi connectivity index (χ1) is 11.6. The van der Waals surface area contributed by atoms with Crippen molar-refractivity contribution in [1.82, 2.24) is 4.57 Å². The molecular formula is C17H17NO5S. The average molecular weight is 347 g/mol. The quantitative estimate of drug-likeness (QED) is 0.620. The molecule has 0 unspecified atom stereocenters. The van der Waals surface area contributed by atoms with Crippen LogP contribution in [0.3, 0.4) is 0 Å². The molecule has 2 rings (SSSR count). The topological polar surface area (TPSA) is 66.8 Å². The van der Waals surface area contributed by atoms with Crippen LogP contribution in [0.4, 0.5) is 9.59 Å². The van der Waals surface area contributed by atoms with Gasteiger partial charge in [0.05, 0.1) is 24.3 Å².